The molecule has 2 aromatic rings. The molecule has 0 N–H and O–H groups in total. The summed E-state index contributed by atoms with van der Waals surface area (Å²) in [6, 6.07) is 11.8. The molecule has 0 amide bonds. The predicted octanol–water partition coefficient (Wildman–Crippen LogP) is 4.47. The van der Waals surface area contributed by atoms with Crippen LogP contribution in [0.15, 0.2) is 36.4 Å². The van der Waals surface area contributed by atoms with E-state index in [-0.39, 0.29) is 5.78 Å². The number of carbonyl (C=O) groups is 1. The van der Waals surface area contributed by atoms with E-state index in [0.29, 0.717) is 12.3 Å². The number of methoxy groups -OCH3 is 1. The lowest BCUT2D eigenvalue weighted by molar-refractivity contribution is 0.0964. The molecule has 100 valence electrons. The first kappa shape index (κ1) is 13.6. The van der Waals surface area contributed by atoms with E-state index in [2.05, 4.69) is 13.8 Å². The number of Topliss-reactive ketones (excluding diaryl/α,β-unsaturated/α-hetero) is 1. The van der Waals surface area contributed by atoms with E-state index in [1.54, 1.807) is 7.11 Å². The molecule has 2 rings (SSSR count). The smallest absolute Gasteiger partial charge is 0.163 e. The van der Waals surface area contributed by atoms with Crippen molar-refractivity contribution < 1.29 is 9.53 Å². The van der Waals surface area contributed by atoms with Gasteiger partial charge in [-0.25, -0.2) is 0 Å². The Labute approximate surface area is 114 Å². The molecule has 0 aromatic heterocycles. The Balaban J connectivity index is 2.29. The van der Waals surface area contributed by atoms with Gasteiger partial charge in [0.1, 0.15) is 5.75 Å². The Morgan fingerprint density at radius 2 is 1.84 bits per heavy atom. The Hall–Kier alpha value is -1.83. The third-order valence-electron chi connectivity index (χ3n) is 3.60. The van der Waals surface area contributed by atoms with E-state index in [0.717, 1.165) is 28.5 Å². The largest absolute Gasteiger partial charge is 0.497 e. The Morgan fingerprint density at radius 3 is 2.53 bits per heavy atom. The van der Waals surface area contributed by atoms with E-state index in [1.165, 1.54) is 0 Å². The normalized spacial score (nSPS) is 12.4. The van der Waals surface area contributed by atoms with Crippen LogP contribution in [0.5, 0.6) is 5.75 Å². The lowest BCUT2D eigenvalue weighted by atomic mass is 9.96. The second-order valence-electron chi connectivity index (χ2n) is 5.07. The Morgan fingerprint density at radius 1 is 1.16 bits per heavy atom. The summed E-state index contributed by atoms with van der Waals surface area (Å²) in [4.78, 5) is 12.2. The lowest BCUT2D eigenvalue weighted by Gasteiger charge is -2.08. The maximum Gasteiger partial charge on any atom is 0.163 e. The average Bonchev–Trinajstić information content (AvgIpc) is 2.45. The highest BCUT2D eigenvalue weighted by Crippen LogP contribution is 2.23. The van der Waals surface area contributed by atoms with Crippen LogP contribution in [0.25, 0.3) is 10.8 Å². The van der Waals surface area contributed by atoms with Crippen LogP contribution in [-0.4, -0.2) is 12.9 Å². The quantitative estimate of drug-likeness (QED) is 0.738. The van der Waals surface area contributed by atoms with Crippen molar-refractivity contribution in [3.63, 3.8) is 0 Å². The van der Waals surface area contributed by atoms with Crippen LogP contribution in [0.4, 0.5) is 0 Å². The van der Waals surface area contributed by atoms with E-state index >= 15 is 0 Å². The molecule has 0 saturated heterocycles. The van der Waals surface area contributed by atoms with Crippen molar-refractivity contribution in [2.75, 3.05) is 7.11 Å². The number of rotatable bonds is 5. The zero-order valence-electron chi connectivity index (χ0n) is 11.8. The first-order valence-corrected chi connectivity index (χ1v) is 6.75. The summed E-state index contributed by atoms with van der Waals surface area (Å²) in [6.45, 7) is 4.23. The Bertz CT molecular complexity index is 587. The summed E-state index contributed by atoms with van der Waals surface area (Å²) in [5.74, 6) is 1.51. The number of benzene rings is 2. The van der Waals surface area contributed by atoms with Crippen molar-refractivity contribution in [3.8, 4) is 5.75 Å². The molecule has 1 atom stereocenters. The first-order chi connectivity index (χ1) is 9.13. The van der Waals surface area contributed by atoms with Crippen molar-refractivity contribution in [2.24, 2.45) is 5.92 Å². The fraction of sp³-hybridized carbons (Fsp3) is 0.353. The molecule has 0 aliphatic carbocycles. The maximum atomic E-state index is 12.2. The van der Waals surface area contributed by atoms with Crippen molar-refractivity contribution in [3.05, 3.63) is 42.0 Å². The van der Waals surface area contributed by atoms with Crippen LogP contribution < -0.4 is 4.74 Å². The van der Waals surface area contributed by atoms with E-state index in [4.69, 9.17) is 4.74 Å². The number of ketones is 1. The SMILES string of the molecule is CCC(C)CC(=O)c1ccc2cc(OC)ccc2c1. The molecule has 0 bridgehead atoms. The molecule has 0 aliphatic rings. The molecule has 0 heterocycles. The van der Waals surface area contributed by atoms with E-state index < -0.39 is 0 Å². The monoisotopic (exact) mass is 256 g/mol. The molecular formula is C17H20O2. The summed E-state index contributed by atoms with van der Waals surface area (Å²) < 4.78 is 5.20. The number of hydrogen-bond donors (Lipinski definition) is 0. The number of carbonyl (C=O) groups excluding carboxylic acids is 1. The van der Waals surface area contributed by atoms with Gasteiger partial charge in [0, 0.05) is 12.0 Å². The van der Waals surface area contributed by atoms with Gasteiger partial charge in [-0.2, -0.15) is 0 Å². The molecule has 1 unspecified atom stereocenters. The van der Waals surface area contributed by atoms with Crippen molar-refractivity contribution in [1.29, 1.82) is 0 Å². The van der Waals surface area contributed by atoms with Crippen LogP contribution >= 0.6 is 0 Å². The van der Waals surface area contributed by atoms with Gasteiger partial charge >= 0.3 is 0 Å². The van der Waals surface area contributed by atoms with E-state index in [9.17, 15) is 4.79 Å². The number of hydrogen-bond acceptors (Lipinski definition) is 2. The highest BCUT2D eigenvalue weighted by atomic mass is 16.5. The molecular weight excluding hydrogens is 236 g/mol. The van der Waals surface area contributed by atoms with Gasteiger partial charge in [0.05, 0.1) is 7.11 Å². The molecule has 0 spiro atoms. The minimum absolute atomic E-state index is 0.229. The van der Waals surface area contributed by atoms with Crippen molar-refractivity contribution >= 4 is 16.6 Å². The highest BCUT2D eigenvalue weighted by Gasteiger charge is 2.10. The van der Waals surface area contributed by atoms with Crippen LogP contribution in [0.1, 0.15) is 37.0 Å². The second-order valence-corrected chi connectivity index (χ2v) is 5.07. The fourth-order valence-corrected chi connectivity index (χ4v) is 2.10. The summed E-state index contributed by atoms with van der Waals surface area (Å²) in [5, 5.41) is 2.18. The zero-order chi connectivity index (χ0) is 13.8. The standard InChI is InChI=1S/C17H20O2/c1-4-12(2)9-17(18)15-6-5-14-11-16(19-3)8-7-13(14)10-15/h5-8,10-12H,4,9H2,1-3H3. The average molecular weight is 256 g/mol. The molecule has 2 nitrogen and oxygen atoms in total. The molecule has 0 fully saturated rings. The molecule has 2 aromatic carbocycles. The van der Waals surface area contributed by atoms with Gasteiger partial charge in [0.25, 0.3) is 0 Å². The summed E-state index contributed by atoms with van der Waals surface area (Å²) in [5.41, 5.74) is 0.804. The van der Waals surface area contributed by atoms with Crippen LogP contribution in [0.3, 0.4) is 0 Å². The van der Waals surface area contributed by atoms with Crippen molar-refractivity contribution in [2.45, 2.75) is 26.7 Å². The molecule has 0 saturated carbocycles. The molecule has 0 aliphatic heterocycles. The molecule has 0 radical (unpaired) electrons. The number of ether oxygens (including phenoxy) is 1. The lowest BCUT2D eigenvalue weighted by Crippen LogP contribution is -2.05. The van der Waals surface area contributed by atoms with Crippen LogP contribution in [0.2, 0.25) is 0 Å². The number of fused-ring (bicyclic) bond motifs is 1. The summed E-state index contributed by atoms with van der Waals surface area (Å²) >= 11 is 0. The minimum atomic E-state index is 0.229. The third kappa shape index (κ3) is 3.14. The molecule has 19 heavy (non-hydrogen) atoms. The van der Waals surface area contributed by atoms with Gasteiger partial charge in [0.2, 0.25) is 0 Å². The fourth-order valence-electron chi connectivity index (χ4n) is 2.10. The zero-order valence-corrected chi connectivity index (χ0v) is 11.8. The topological polar surface area (TPSA) is 26.3 Å². The van der Waals surface area contributed by atoms with Gasteiger partial charge in [0.15, 0.2) is 5.78 Å². The van der Waals surface area contributed by atoms with Crippen LogP contribution in [0, 0.1) is 5.92 Å². The third-order valence-corrected chi connectivity index (χ3v) is 3.60. The van der Waals surface area contributed by atoms with Gasteiger partial charge in [-0.05, 0) is 34.9 Å². The van der Waals surface area contributed by atoms with Crippen molar-refractivity contribution in [1.82, 2.24) is 0 Å². The van der Waals surface area contributed by atoms with Gasteiger partial charge in [-0.15, -0.1) is 0 Å². The van der Waals surface area contributed by atoms with Crippen LogP contribution in [-0.2, 0) is 0 Å². The van der Waals surface area contributed by atoms with Gasteiger partial charge < -0.3 is 4.74 Å². The van der Waals surface area contributed by atoms with Gasteiger partial charge in [-0.3, -0.25) is 4.79 Å². The summed E-state index contributed by atoms with van der Waals surface area (Å²) in [6.07, 6.45) is 1.66. The summed E-state index contributed by atoms with van der Waals surface area (Å²) in [7, 11) is 1.66. The second kappa shape index (κ2) is 5.87. The highest BCUT2D eigenvalue weighted by molar-refractivity contribution is 6.00. The van der Waals surface area contributed by atoms with Gasteiger partial charge in [-0.1, -0.05) is 38.5 Å². The Kier molecular flexibility index (Phi) is 4.20. The minimum Gasteiger partial charge on any atom is -0.497 e. The first-order valence-electron chi connectivity index (χ1n) is 6.75. The van der Waals surface area contributed by atoms with E-state index in [1.807, 2.05) is 36.4 Å². The predicted molar refractivity (Wildman–Crippen MR) is 78.9 cm³/mol. The maximum absolute atomic E-state index is 12.2. The molecule has 2 heteroatoms.